The van der Waals surface area contributed by atoms with E-state index in [1.54, 1.807) is 13.8 Å². The molecule has 0 aromatic heterocycles. The molecule has 0 heterocycles. The molecule has 0 rings (SSSR count). The average molecular weight is 538 g/mol. The van der Waals surface area contributed by atoms with Crippen molar-refractivity contribution >= 4 is 34.0 Å². The Hall–Kier alpha value is -1.35. The zero-order valence-corrected chi connectivity index (χ0v) is 23.6. The van der Waals surface area contributed by atoms with Gasteiger partial charge >= 0.3 is 18.0 Å². The maximum Gasteiger partial charge on any atom is 0.407 e. The summed E-state index contributed by atoms with van der Waals surface area (Å²) in [6.45, 7) is 18.9. The van der Waals surface area contributed by atoms with Crippen LogP contribution in [0.5, 0.6) is 0 Å². The molecule has 0 saturated carbocycles. The number of rotatable bonds is 13. The van der Waals surface area contributed by atoms with E-state index in [4.69, 9.17) is 14.2 Å². The minimum Gasteiger partial charge on any atom is -0.460 e. The molecular formula is C24H45BrN2O6. The first kappa shape index (κ1) is 31.6. The Morgan fingerprint density at radius 1 is 0.879 bits per heavy atom. The van der Waals surface area contributed by atoms with Crippen molar-refractivity contribution in [1.82, 2.24) is 10.2 Å². The number of halogens is 1. The quantitative estimate of drug-likeness (QED) is 0.156. The number of amides is 1. The molecule has 0 aromatic rings. The van der Waals surface area contributed by atoms with Gasteiger partial charge in [0, 0.05) is 19.5 Å². The fourth-order valence-corrected chi connectivity index (χ4v) is 2.92. The Balaban J connectivity index is 4.64. The minimum absolute atomic E-state index is 0.197. The predicted molar refractivity (Wildman–Crippen MR) is 134 cm³/mol. The van der Waals surface area contributed by atoms with Crippen LogP contribution >= 0.6 is 15.9 Å². The SMILES string of the molecule is CC(CN(CCCCC(=O)OC(C)(C)C)CCCNC(=O)OC(C)(C)C)OC(=O)C(C)(C)Br. The lowest BCUT2D eigenvalue weighted by Gasteiger charge is -2.27. The molecule has 0 aliphatic rings. The molecule has 0 radical (unpaired) electrons. The summed E-state index contributed by atoms with van der Waals surface area (Å²) in [6, 6.07) is 0. The second-order valence-electron chi connectivity index (χ2n) is 10.8. The molecule has 1 amide bonds. The number of hydrogen-bond donors (Lipinski definition) is 1. The van der Waals surface area contributed by atoms with Crippen LogP contribution in [0.25, 0.3) is 0 Å². The lowest BCUT2D eigenvalue weighted by atomic mass is 10.2. The Morgan fingerprint density at radius 3 is 1.94 bits per heavy atom. The molecule has 0 saturated heterocycles. The van der Waals surface area contributed by atoms with E-state index in [0.717, 1.165) is 19.4 Å². The van der Waals surface area contributed by atoms with Gasteiger partial charge in [0.15, 0.2) is 0 Å². The highest BCUT2D eigenvalue weighted by Gasteiger charge is 2.27. The van der Waals surface area contributed by atoms with Crippen molar-refractivity contribution in [3.8, 4) is 0 Å². The third-order valence-corrected chi connectivity index (χ3v) is 4.48. The third kappa shape index (κ3) is 18.7. The van der Waals surface area contributed by atoms with Crippen LogP contribution in [0.15, 0.2) is 0 Å². The Kier molecular flexibility index (Phi) is 13.6. The van der Waals surface area contributed by atoms with Gasteiger partial charge in [0.1, 0.15) is 21.6 Å². The summed E-state index contributed by atoms with van der Waals surface area (Å²) in [5.74, 6) is -0.510. The molecule has 1 atom stereocenters. The van der Waals surface area contributed by atoms with Crippen LogP contribution < -0.4 is 5.32 Å². The zero-order chi connectivity index (χ0) is 25.9. The summed E-state index contributed by atoms with van der Waals surface area (Å²) in [7, 11) is 0. The highest BCUT2D eigenvalue weighted by atomic mass is 79.9. The molecule has 1 N–H and O–H groups in total. The number of alkyl halides is 1. The number of carbonyl (C=O) groups is 3. The molecule has 0 spiro atoms. The molecule has 33 heavy (non-hydrogen) atoms. The van der Waals surface area contributed by atoms with Gasteiger partial charge in [0.2, 0.25) is 0 Å². The number of esters is 2. The van der Waals surface area contributed by atoms with E-state index in [2.05, 4.69) is 26.1 Å². The summed E-state index contributed by atoms with van der Waals surface area (Å²) in [5.41, 5.74) is -1.01. The van der Waals surface area contributed by atoms with Crippen LogP contribution in [0.2, 0.25) is 0 Å². The number of unbranched alkanes of at least 4 members (excludes halogenated alkanes) is 1. The monoisotopic (exact) mass is 536 g/mol. The molecule has 0 fully saturated rings. The number of nitrogens with zero attached hydrogens (tertiary/aromatic N) is 1. The topological polar surface area (TPSA) is 94.2 Å². The maximum atomic E-state index is 12.2. The fourth-order valence-electron chi connectivity index (χ4n) is 2.82. The van der Waals surface area contributed by atoms with Gasteiger partial charge in [0.05, 0.1) is 0 Å². The van der Waals surface area contributed by atoms with Crippen LogP contribution in [0, 0.1) is 0 Å². The highest BCUT2D eigenvalue weighted by molar-refractivity contribution is 9.10. The van der Waals surface area contributed by atoms with Crippen LogP contribution in [0.1, 0.15) is 88.0 Å². The summed E-state index contributed by atoms with van der Waals surface area (Å²) in [4.78, 5) is 38.1. The predicted octanol–water partition coefficient (Wildman–Crippen LogP) is 4.82. The van der Waals surface area contributed by atoms with E-state index in [9.17, 15) is 14.4 Å². The van der Waals surface area contributed by atoms with Crippen molar-refractivity contribution in [3.63, 3.8) is 0 Å². The van der Waals surface area contributed by atoms with Gasteiger partial charge in [-0.1, -0.05) is 15.9 Å². The second-order valence-corrected chi connectivity index (χ2v) is 12.8. The number of alkyl carbamates (subject to hydrolysis) is 1. The molecule has 9 heteroatoms. The Labute approximate surface area is 208 Å². The van der Waals surface area contributed by atoms with Crippen LogP contribution in [0.4, 0.5) is 4.79 Å². The third-order valence-electron chi connectivity index (χ3n) is 4.15. The Bertz CT molecular complexity index is 584. The smallest absolute Gasteiger partial charge is 0.407 e. The van der Waals surface area contributed by atoms with E-state index in [0.29, 0.717) is 32.5 Å². The largest absolute Gasteiger partial charge is 0.460 e. The van der Waals surface area contributed by atoms with Crippen LogP contribution in [0.3, 0.4) is 0 Å². The first-order valence-corrected chi connectivity index (χ1v) is 12.5. The van der Waals surface area contributed by atoms with Gasteiger partial charge < -0.3 is 19.5 Å². The van der Waals surface area contributed by atoms with Crippen molar-refractivity contribution in [2.24, 2.45) is 0 Å². The van der Waals surface area contributed by atoms with E-state index >= 15 is 0 Å². The lowest BCUT2D eigenvalue weighted by molar-refractivity contribution is -0.155. The van der Waals surface area contributed by atoms with Crippen molar-refractivity contribution in [1.29, 1.82) is 0 Å². The summed E-state index contributed by atoms with van der Waals surface area (Å²) in [5, 5.41) is 2.76. The minimum atomic E-state index is -0.739. The summed E-state index contributed by atoms with van der Waals surface area (Å²) < 4.78 is 15.4. The molecule has 0 aliphatic heterocycles. The zero-order valence-electron chi connectivity index (χ0n) is 22.0. The van der Waals surface area contributed by atoms with E-state index in [1.165, 1.54) is 0 Å². The number of carbonyl (C=O) groups excluding carboxylic acids is 3. The van der Waals surface area contributed by atoms with Gasteiger partial charge in [-0.05, 0) is 94.7 Å². The van der Waals surface area contributed by atoms with Crippen LogP contribution in [-0.2, 0) is 23.8 Å². The molecular weight excluding hydrogens is 492 g/mol. The highest BCUT2D eigenvalue weighted by Crippen LogP contribution is 2.19. The Morgan fingerprint density at radius 2 is 1.42 bits per heavy atom. The second kappa shape index (κ2) is 14.1. The molecule has 8 nitrogen and oxygen atoms in total. The first-order valence-electron chi connectivity index (χ1n) is 11.7. The molecule has 0 aliphatic carbocycles. The fraction of sp³-hybridized carbons (Fsp3) is 0.875. The van der Waals surface area contributed by atoms with Gasteiger partial charge in [-0.2, -0.15) is 0 Å². The average Bonchev–Trinajstić information content (AvgIpc) is 2.58. The molecule has 0 bridgehead atoms. The van der Waals surface area contributed by atoms with Crippen molar-refractivity contribution in [2.45, 2.75) is 110 Å². The molecule has 0 aromatic carbocycles. The molecule has 1 unspecified atom stereocenters. The van der Waals surface area contributed by atoms with Crippen molar-refractivity contribution in [3.05, 3.63) is 0 Å². The van der Waals surface area contributed by atoms with Gasteiger partial charge in [-0.3, -0.25) is 14.5 Å². The summed E-state index contributed by atoms with van der Waals surface area (Å²) in [6.07, 6.45) is 1.88. The van der Waals surface area contributed by atoms with Gasteiger partial charge in [-0.25, -0.2) is 4.79 Å². The number of ether oxygens (including phenoxy) is 3. The van der Waals surface area contributed by atoms with E-state index in [1.807, 2.05) is 48.5 Å². The summed E-state index contributed by atoms with van der Waals surface area (Å²) >= 11 is 3.33. The van der Waals surface area contributed by atoms with Crippen molar-refractivity contribution in [2.75, 3.05) is 26.2 Å². The van der Waals surface area contributed by atoms with Gasteiger partial charge in [0.25, 0.3) is 0 Å². The number of nitrogens with one attached hydrogen (secondary N) is 1. The maximum absolute atomic E-state index is 12.2. The van der Waals surface area contributed by atoms with E-state index in [-0.39, 0.29) is 18.0 Å². The molecule has 194 valence electrons. The first-order chi connectivity index (χ1) is 14.9. The van der Waals surface area contributed by atoms with Crippen molar-refractivity contribution < 1.29 is 28.6 Å². The normalized spacial score (nSPS) is 13.4. The van der Waals surface area contributed by atoms with Gasteiger partial charge in [-0.15, -0.1) is 0 Å². The number of hydrogen-bond acceptors (Lipinski definition) is 7. The standard InChI is InChI=1S/C24H45BrN2O6/c1-18(31-20(29)24(8,9)25)17-27(15-11-10-13-19(28)32-22(2,3)4)16-12-14-26-21(30)33-23(5,6)7/h18H,10-17H2,1-9H3,(H,26,30). The van der Waals surface area contributed by atoms with E-state index < -0.39 is 21.6 Å². The lowest BCUT2D eigenvalue weighted by Crippen LogP contribution is -2.39. The van der Waals surface area contributed by atoms with Crippen LogP contribution in [-0.4, -0.2) is 70.7 Å².